The Balaban J connectivity index is 2.79. The molecule has 0 fully saturated rings. The lowest BCUT2D eigenvalue weighted by molar-refractivity contribution is -0.137. The van der Waals surface area contributed by atoms with Crippen molar-refractivity contribution in [2.75, 3.05) is 18.6 Å². The van der Waals surface area contributed by atoms with Crippen LogP contribution in [0.25, 0.3) is 0 Å². The summed E-state index contributed by atoms with van der Waals surface area (Å²) >= 11 is 0. The number of rotatable bonds is 5. The fourth-order valence-electron chi connectivity index (χ4n) is 1.46. The Morgan fingerprint density at radius 3 is 2.48 bits per heavy atom. The number of halogens is 3. The van der Waals surface area contributed by atoms with Gasteiger partial charge in [-0.05, 0) is 18.2 Å². The molecule has 0 bridgehead atoms. The predicted octanol–water partition coefficient (Wildman–Crippen LogP) is 0.816. The average Bonchev–Trinajstić information content (AvgIpc) is 2.41. The van der Waals surface area contributed by atoms with E-state index in [1.807, 2.05) is 5.43 Å². The summed E-state index contributed by atoms with van der Waals surface area (Å²) in [5, 5.41) is 2.28. The van der Waals surface area contributed by atoms with E-state index < -0.39 is 23.7 Å². The first-order chi connectivity index (χ1) is 9.75. The number of carbonyl (C=O) groups is 2. The van der Waals surface area contributed by atoms with E-state index in [-0.39, 0.29) is 24.4 Å². The van der Waals surface area contributed by atoms with E-state index in [4.69, 9.17) is 11.6 Å². The van der Waals surface area contributed by atoms with Gasteiger partial charge in [0.1, 0.15) is 6.61 Å². The molecule has 1 rings (SSSR count). The Hall–Kier alpha value is -2.49. The number of ether oxygens (including phenoxy) is 1. The van der Waals surface area contributed by atoms with Crippen LogP contribution in [0.2, 0.25) is 0 Å². The first-order valence-electron chi connectivity index (χ1n) is 5.64. The maximum absolute atomic E-state index is 12.8. The molecule has 2 amide bonds. The highest BCUT2D eigenvalue weighted by Gasteiger charge is 2.34. The summed E-state index contributed by atoms with van der Waals surface area (Å²) in [7, 11) is 0. The summed E-state index contributed by atoms with van der Waals surface area (Å²) in [6.07, 6.45) is -5.67. The second-order valence-corrected chi connectivity index (χ2v) is 3.83. The van der Waals surface area contributed by atoms with Crippen LogP contribution in [-0.2, 0) is 10.9 Å². The van der Waals surface area contributed by atoms with E-state index in [9.17, 15) is 22.8 Å². The number of carbonyl (C=O) groups excluding carboxylic acids is 2. The van der Waals surface area contributed by atoms with Crippen molar-refractivity contribution < 1.29 is 27.5 Å². The van der Waals surface area contributed by atoms with E-state index in [0.29, 0.717) is 6.07 Å². The highest BCUT2D eigenvalue weighted by Crippen LogP contribution is 2.35. The highest BCUT2D eigenvalue weighted by molar-refractivity contribution is 5.95. The Bertz CT molecular complexity index is 534. The number of hydrazine groups is 1. The Morgan fingerprint density at radius 2 is 1.95 bits per heavy atom. The van der Waals surface area contributed by atoms with Crippen molar-refractivity contribution in [3.8, 4) is 0 Å². The molecule has 1 aromatic carbocycles. The Labute approximate surface area is 117 Å². The summed E-state index contributed by atoms with van der Waals surface area (Å²) in [6.45, 7) is -0.268. The number of nitrogens with two attached hydrogens (primary N) is 2. The molecule has 0 unspecified atom stereocenters. The van der Waals surface area contributed by atoms with Crippen LogP contribution in [0.15, 0.2) is 18.2 Å². The quantitative estimate of drug-likeness (QED) is 0.365. The van der Waals surface area contributed by atoms with Gasteiger partial charge in [0, 0.05) is 5.56 Å². The highest BCUT2D eigenvalue weighted by atomic mass is 19.4. The van der Waals surface area contributed by atoms with Crippen molar-refractivity contribution in [2.24, 2.45) is 11.6 Å². The number of hydrogen-bond donors (Lipinski definition) is 4. The fraction of sp³-hybridized carbons (Fsp3) is 0.273. The average molecular weight is 306 g/mol. The predicted molar refractivity (Wildman–Crippen MR) is 67.1 cm³/mol. The van der Waals surface area contributed by atoms with Crippen LogP contribution in [0.4, 0.5) is 23.7 Å². The Morgan fingerprint density at radius 1 is 1.29 bits per heavy atom. The molecular formula is C11H13F3N4O3. The van der Waals surface area contributed by atoms with Gasteiger partial charge in [-0.1, -0.05) is 0 Å². The van der Waals surface area contributed by atoms with Crippen molar-refractivity contribution in [3.05, 3.63) is 29.3 Å². The molecule has 0 aromatic heterocycles. The summed E-state index contributed by atoms with van der Waals surface area (Å²) in [6, 6.07) is 2.88. The summed E-state index contributed by atoms with van der Waals surface area (Å²) in [4.78, 5) is 21.9. The lowest BCUT2D eigenvalue weighted by Gasteiger charge is -2.14. The zero-order valence-corrected chi connectivity index (χ0v) is 10.7. The lowest BCUT2D eigenvalue weighted by atomic mass is 10.1. The zero-order chi connectivity index (χ0) is 16.0. The maximum atomic E-state index is 12.8. The maximum Gasteiger partial charge on any atom is 0.418 e. The van der Waals surface area contributed by atoms with Crippen LogP contribution < -0.4 is 22.3 Å². The molecule has 0 spiro atoms. The number of hydrogen-bond acceptors (Lipinski definition) is 5. The van der Waals surface area contributed by atoms with E-state index in [1.54, 1.807) is 0 Å². The van der Waals surface area contributed by atoms with Crippen molar-refractivity contribution in [1.29, 1.82) is 0 Å². The molecule has 0 heterocycles. The standard InChI is InChI=1S/C11H13F3N4O3/c12-11(13,14)7-5-6(1-2-8(7)18-16)9(19)17-3-4-21-10(15)20/h1-2,5,18H,3-4,16H2,(H2,15,20)(H,17,19). The van der Waals surface area contributed by atoms with Crippen molar-refractivity contribution in [3.63, 3.8) is 0 Å². The van der Waals surface area contributed by atoms with E-state index >= 15 is 0 Å². The van der Waals surface area contributed by atoms with Crippen LogP contribution in [0.5, 0.6) is 0 Å². The van der Waals surface area contributed by atoms with Gasteiger partial charge in [0.05, 0.1) is 17.8 Å². The molecule has 0 aliphatic rings. The molecular weight excluding hydrogens is 293 g/mol. The van der Waals surface area contributed by atoms with Gasteiger partial charge < -0.3 is 21.2 Å². The molecule has 6 N–H and O–H groups in total. The van der Waals surface area contributed by atoms with E-state index in [2.05, 4.69) is 10.1 Å². The van der Waals surface area contributed by atoms with Crippen LogP contribution in [-0.4, -0.2) is 25.2 Å². The molecule has 10 heteroatoms. The van der Waals surface area contributed by atoms with Gasteiger partial charge in [0.2, 0.25) is 0 Å². The number of primary amides is 1. The van der Waals surface area contributed by atoms with E-state index in [1.165, 1.54) is 6.07 Å². The monoisotopic (exact) mass is 306 g/mol. The number of benzene rings is 1. The van der Waals surface area contributed by atoms with Gasteiger partial charge >= 0.3 is 12.3 Å². The normalized spacial score (nSPS) is 10.9. The molecule has 0 aliphatic carbocycles. The molecule has 0 saturated carbocycles. The summed E-state index contributed by atoms with van der Waals surface area (Å²) < 4.78 is 42.7. The molecule has 0 atom stereocenters. The topological polar surface area (TPSA) is 119 Å². The minimum Gasteiger partial charge on any atom is -0.448 e. The first-order valence-corrected chi connectivity index (χ1v) is 5.64. The third kappa shape index (κ3) is 4.84. The van der Waals surface area contributed by atoms with Gasteiger partial charge in [-0.2, -0.15) is 13.2 Å². The fourth-order valence-corrected chi connectivity index (χ4v) is 1.46. The minimum atomic E-state index is -4.66. The number of nitrogen functional groups attached to an aromatic ring is 1. The van der Waals surface area contributed by atoms with Gasteiger partial charge in [-0.3, -0.25) is 10.6 Å². The number of alkyl halides is 3. The Kier molecular flexibility index (Phi) is 5.36. The number of amides is 2. The van der Waals surface area contributed by atoms with Crippen LogP contribution in [0, 0.1) is 0 Å². The summed E-state index contributed by atoms with van der Waals surface area (Å²) in [5.74, 6) is 4.24. The smallest absolute Gasteiger partial charge is 0.418 e. The first kappa shape index (κ1) is 16.6. The van der Waals surface area contributed by atoms with E-state index in [0.717, 1.165) is 6.07 Å². The van der Waals surface area contributed by atoms with Crippen LogP contribution in [0.3, 0.4) is 0 Å². The molecule has 1 aromatic rings. The second kappa shape index (κ2) is 6.79. The summed E-state index contributed by atoms with van der Waals surface area (Å²) in [5.41, 5.74) is 4.99. The van der Waals surface area contributed by atoms with Gasteiger partial charge in [-0.15, -0.1) is 0 Å². The molecule has 21 heavy (non-hydrogen) atoms. The molecule has 0 radical (unpaired) electrons. The second-order valence-electron chi connectivity index (χ2n) is 3.83. The van der Waals surface area contributed by atoms with Crippen molar-refractivity contribution in [1.82, 2.24) is 5.32 Å². The third-order valence-electron chi connectivity index (χ3n) is 2.37. The van der Waals surface area contributed by atoms with Crippen molar-refractivity contribution in [2.45, 2.75) is 6.18 Å². The van der Waals surface area contributed by atoms with Crippen molar-refractivity contribution >= 4 is 17.7 Å². The molecule has 116 valence electrons. The zero-order valence-electron chi connectivity index (χ0n) is 10.7. The number of anilines is 1. The van der Waals surface area contributed by atoms with Gasteiger partial charge in [-0.25, -0.2) is 4.79 Å². The van der Waals surface area contributed by atoms with Crippen LogP contribution >= 0.6 is 0 Å². The molecule has 7 nitrogen and oxygen atoms in total. The van der Waals surface area contributed by atoms with Crippen LogP contribution in [0.1, 0.15) is 15.9 Å². The lowest BCUT2D eigenvalue weighted by Crippen LogP contribution is -2.29. The minimum absolute atomic E-state index is 0.0833. The largest absolute Gasteiger partial charge is 0.448 e. The molecule has 0 saturated heterocycles. The van der Waals surface area contributed by atoms with Gasteiger partial charge in [0.15, 0.2) is 0 Å². The SMILES string of the molecule is NNc1ccc(C(=O)NCCOC(N)=O)cc1C(F)(F)F. The number of nitrogens with one attached hydrogen (secondary N) is 2. The third-order valence-corrected chi connectivity index (χ3v) is 2.37. The molecule has 0 aliphatic heterocycles. The van der Waals surface area contributed by atoms with Gasteiger partial charge in [0.25, 0.3) is 5.91 Å².